The largest absolute Gasteiger partial charge is 0.320 e. The van der Waals surface area contributed by atoms with Gasteiger partial charge in [-0.3, -0.25) is 0 Å². The average Bonchev–Trinajstić information content (AvgIpc) is 2.83. The molecule has 0 bridgehead atoms. The molecule has 0 aliphatic heterocycles. The van der Waals surface area contributed by atoms with Crippen LogP contribution in [0.5, 0.6) is 0 Å². The lowest BCUT2D eigenvalue weighted by atomic mass is 10.0. The minimum Gasteiger partial charge on any atom is -0.320 e. The molecule has 2 aromatic carbocycles. The van der Waals surface area contributed by atoms with Gasteiger partial charge < -0.3 is 5.73 Å². The lowest BCUT2D eigenvalue weighted by molar-refractivity contribution is 0.623. The molecular formula is C16H13F2NS. The van der Waals surface area contributed by atoms with E-state index in [1.54, 1.807) is 12.1 Å². The van der Waals surface area contributed by atoms with Crippen LogP contribution >= 0.6 is 11.3 Å². The Morgan fingerprint density at radius 2 is 1.70 bits per heavy atom. The molecule has 3 aromatic rings. The number of benzene rings is 2. The van der Waals surface area contributed by atoms with Crippen LogP contribution in [0.4, 0.5) is 8.78 Å². The zero-order chi connectivity index (χ0) is 14.3. The van der Waals surface area contributed by atoms with Crippen molar-refractivity contribution in [1.29, 1.82) is 0 Å². The van der Waals surface area contributed by atoms with Crippen LogP contribution in [0.15, 0.2) is 42.5 Å². The smallest absolute Gasteiger partial charge is 0.123 e. The first-order chi connectivity index (χ1) is 9.54. The Morgan fingerprint density at radius 3 is 2.50 bits per heavy atom. The predicted octanol–water partition coefficient (Wildman–Crippen LogP) is 4.54. The number of hydrogen-bond acceptors (Lipinski definition) is 2. The number of aryl methyl sites for hydroxylation is 1. The van der Waals surface area contributed by atoms with Crippen LogP contribution in [0, 0.1) is 18.6 Å². The Hall–Kier alpha value is -1.78. The summed E-state index contributed by atoms with van der Waals surface area (Å²) in [5, 5.41) is 0.828. The summed E-state index contributed by atoms with van der Waals surface area (Å²) in [4.78, 5) is 0.902. The lowest BCUT2D eigenvalue weighted by Gasteiger charge is -2.13. The van der Waals surface area contributed by atoms with Gasteiger partial charge in [0.1, 0.15) is 11.6 Å². The number of nitrogens with two attached hydrogens (primary N) is 1. The van der Waals surface area contributed by atoms with Crippen molar-refractivity contribution in [1.82, 2.24) is 0 Å². The fourth-order valence-corrected chi connectivity index (χ4v) is 3.35. The van der Waals surface area contributed by atoms with E-state index in [2.05, 4.69) is 0 Å². The summed E-state index contributed by atoms with van der Waals surface area (Å²) in [5.74, 6) is -0.564. The Balaban J connectivity index is 2.07. The maximum atomic E-state index is 13.4. The van der Waals surface area contributed by atoms with Crippen LogP contribution in [0.2, 0.25) is 0 Å². The molecule has 1 unspecified atom stereocenters. The van der Waals surface area contributed by atoms with Gasteiger partial charge in [0.15, 0.2) is 0 Å². The maximum absolute atomic E-state index is 13.4. The van der Waals surface area contributed by atoms with E-state index in [1.165, 1.54) is 35.6 Å². The number of hydrogen-bond donors (Lipinski definition) is 1. The predicted molar refractivity (Wildman–Crippen MR) is 79.0 cm³/mol. The Kier molecular flexibility index (Phi) is 3.28. The number of halogens is 2. The van der Waals surface area contributed by atoms with Gasteiger partial charge in [0.25, 0.3) is 0 Å². The van der Waals surface area contributed by atoms with E-state index in [4.69, 9.17) is 5.73 Å². The van der Waals surface area contributed by atoms with Gasteiger partial charge in [0.2, 0.25) is 0 Å². The summed E-state index contributed by atoms with van der Waals surface area (Å²) in [6, 6.07) is 10.7. The van der Waals surface area contributed by atoms with E-state index in [0.717, 1.165) is 26.1 Å². The molecule has 1 aromatic heterocycles. The second-order valence-corrected chi connectivity index (χ2v) is 5.92. The Morgan fingerprint density at radius 1 is 1.00 bits per heavy atom. The van der Waals surface area contributed by atoms with Gasteiger partial charge in [-0.05, 0) is 59.8 Å². The van der Waals surface area contributed by atoms with Crippen molar-refractivity contribution in [2.45, 2.75) is 13.0 Å². The fourth-order valence-electron chi connectivity index (χ4n) is 2.29. The molecule has 4 heteroatoms. The molecule has 0 radical (unpaired) electrons. The molecule has 0 aliphatic rings. The summed E-state index contributed by atoms with van der Waals surface area (Å²) < 4.78 is 27.6. The van der Waals surface area contributed by atoms with Crippen LogP contribution < -0.4 is 5.73 Å². The van der Waals surface area contributed by atoms with Crippen LogP contribution in [-0.2, 0) is 0 Å². The second-order valence-electron chi connectivity index (χ2n) is 4.81. The average molecular weight is 289 g/mol. The van der Waals surface area contributed by atoms with Crippen LogP contribution in [-0.4, -0.2) is 0 Å². The molecule has 0 spiro atoms. The van der Waals surface area contributed by atoms with E-state index in [0.29, 0.717) is 0 Å². The van der Waals surface area contributed by atoms with E-state index < -0.39 is 6.04 Å². The SMILES string of the molecule is Cc1ccc(F)cc1C(N)c1cc2cc(F)ccc2s1. The quantitative estimate of drug-likeness (QED) is 0.736. The molecule has 1 nitrogen and oxygen atoms in total. The van der Waals surface area contributed by atoms with Crippen LogP contribution in [0.3, 0.4) is 0 Å². The first-order valence-corrected chi connectivity index (χ1v) is 7.07. The Labute approximate surface area is 119 Å². The second kappa shape index (κ2) is 4.96. The first-order valence-electron chi connectivity index (χ1n) is 6.25. The van der Waals surface area contributed by atoms with Crippen molar-refractivity contribution in [3.05, 3.63) is 70.1 Å². The van der Waals surface area contributed by atoms with Crippen molar-refractivity contribution < 1.29 is 8.78 Å². The third-order valence-corrected chi connectivity index (χ3v) is 4.58. The van der Waals surface area contributed by atoms with Gasteiger partial charge in [0, 0.05) is 9.58 Å². The highest BCUT2D eigenvalue weighted by atomic mass is 32.1. The van der Waals surface area contributed by atoms with E-state index in [-0.39, 0.29) is 11.6 Å². The normalized spacial score (nSPS) is 12.8. The summed E-state index contributed by atoms with van der Waals surface area (Å²) >= 11 is 1.51. The molecular weight excluding hydrogens is 276 g/mol. The lowest BCUT2D eigenvalue weighted by Crippen LogP contribution is -2.12. The van der Waals surface area contributed by atoms with Gasteiger partial charge in [-0.1, -0.05) is 6.07 Å². The molecule has 0 saturated carbocycles. The number of fused-ring (bicyclic) bond motifs is 1. The molecule has 0 fully saturated rings. The monoisotopic (exact) mass is 289 g/mol. The highest BCUT2D eigenvalue weighted by molar-refractivity contribution is 7.19. The fraction of sp³-hybridized carbons (Fsp3) is 0.125. The Bertz CT molecular complexity index is 779. The molecule has 0 amide bonds. The third-order valence-electron chi connectivity index (χ3n) is 3.38. The molecule has 2 N–H and O–H groups in total. The molecule has 3 rings (SSSR count). The van der Waals surface area contributed by atoms with Crippen molar-refractivity contribution in [2.75, 3.05) is 0 Å². The molecule has 1 atom stereocenters. The maximum Gasteiger partial charge on any atom is 0.123 e. The molecule has 1 heterocycles. The van der Waals surface area contributed by atoms with Gasteiger partial charge >= 0.3 is 0 Å². The van der Waals surface area contributed by atoms with Crippen molar-refractivity contribution in [2.24, 2.45) is 5.73 Å². The summed E-state index contributed by atoms with van der Waals surface area (Å²) in [6.45, 7) is 1.90. The minimum atomic E-state index is -0.397. The topological polar surface area (TPSA) is 26.0 Å². The molecule has 0 saturated heterocycles. The van der Waals surface area contributed by atoms with Gasteiger partial charge in [-0.15, -0.1) is 11.3 Å². The van der Waals surface area contributed by atoms with E-state index in [9.17, 15) is 8.78 Å². The number of rotatable bonds is 2. The highest BCUT2D eigenvalue weighted by Crippen LogP contribution is 2.33. The standard InChI is InChI=1S/C16H13F2NS/c1-9-2-3-12(18)8-13(9)16(19)15-7-10-6-11(17)4-5-14(10)20-15/h2-8,16H,19H2,1H3. The molecule has 102 valence electrons. The zero-order valence-corrected chi connectivity index (χ0v) is 11.7. The highest BCUT2D eigenvalue weighted by Gasteiger charge is 2.15. The van der Waals surface area contributed by atoms with E-state index in [1.807, 2.05) is 13.0 Å². The van der Waals surface area contributed by atoms with Gasteiger partial charge in [0.05, 0.1) is 6.04 Å². The minimum absolute atomic E-state index is 0.266. The van der Waals surface area contributed by atoms with Crippen LogP contribution in [0.25, 0.3) is 10.1 Å². The van der Waals surface area contributed by atoms with Gasteiger partial charge in [-0.25, -0.2) is 8.78 Å². The van der Waals surface area contributed by atoms with E-state index >= 15 is 0 Å². The summed E-state index contributed by atoms with van der Waals surface area (Å²) in [7, 11) is 0. The third kappa shape index (κ3) is 2.32. The van der Waals surface area contributed by atoms with Crippen LogP contribution in [0.1, 0.15) is 22.0 Å². The summed E-state index contributed by atoms with van der Waals surface area (Å²) in [5.41, 5.74) is 7.95. The summed E-state index contributed by atoms with van der Waals surface area (Å²) in [6.07, 6.45) is 0. The molecule has 0 aliphatic carbocycles. The van der Waals surface area contributed by atoms with Crippen molar-refractivity contribution >= 4 is 21.4 Å². The molecule has 20 heavy (non-hydrogen) atoms. The zero-order valence-electron chi connectivity index (χ0n) is 10.9. The van der Waals surface area contributed by atoms with Crippen molar-refractivity contribution in [3.8, 4) is 0 Å². The van der Waals surface area contributed by atoms with Crippen molar-refractivity contribution in [3.63, 3.8) is 0 Å². The first kappa shape index (κ1) is 13.2. The number of thiophene rings is 1. The van der Waals surface area contributed by atoms with Gasteiger partial charge in [-0.2, -0.15) is 0 Å².